The zero-order valence-corrected chi connectivity index (χ0v) is 32.7. The summed E-state index contributed by atoms with van der Waals surface area (Å²) in [6, 6.07) is 5.19. The minimum Gasteiger partial charge on any atom is -0.384 e. The van der Waals surface area contributed by atoms with Gasteiger partial charge >= 0.3 is 0 Å². The number of pyridine rings is 1. The van der Waals surface area contributed by atoms with Crippen molar-refractivity contribution in [2.75, 3.05) is 18.1 Å². The molecule has 0 spiro atoms. The minimum atomic E-state index is -3.52. The number of benzene rings is 1. The molecule has 1 saturated carbocycles. The maximum Gasteiger partial charge on any atom is 0.287 e. The molecule has 17 heteroatoms. The van der Waals surface area contributed by atoms with Crippen LogP contribution in [0.4, 0.5) is 0 Å². The van der Waals surface area contributed by atoms with Crippen LogP contribution >= 0.6 is 11.6 Å². The van der Waals surface area contributed by atoms with Gasteiger partial charge in [-0.25, -0.2) is 13.1 Å². The minimum absolute atomic E-state index is 0.000766. The van der Waals surface area contributed by atoms with Gasteiger partial charge in [0.2, 0.25) is 17.6 Å². The van der Waals surface area contributed by atoms with Gasteiger partial charge in [-0.2, -0.15) is 0 Å². The molecular formula is C38H48ClN7O8S. The molecule has 3 amide bonds. The molecular weight excluding hydrogens is 750 g/mol. The second-order valence-electron chi connectivity index (χ2n) is 15.9. The smallest absolute Gasteiger partial charge is 0.287 e. The maximum atomic E-state index is 14.9. The molecule has 0 unspecified atom stereocenters. The van der Waals surface area contributed by atoms with Crippen molar-refractivity contribution < 1.29 is 37.5 Å². The zero-order valence-electron chi connectivity index (χ0n) is 31.1. The van der Waals surface area contributed by atoms with Gasteiger partial charge in [0, 0.05) is 47.5 Å². The molecule has 1 aromatic carbocycles. The zero-order chi connectivity index (χ0) is 39.7. The average molecular weight is 798 g/mol. The Labute approximate surface area is 324 Å². The number of halogens is 1. The number of amides is 3. The van der Waals surface area contributed by atoms with Crippen LogP contribution in [0.1, 0.15) is 107 Å². The number of nitrogens with zero attached hydrogens (tertiary/aromatic N) is 5. The van der Waals surface area contributed by atoms with Crippen molar-refractivity contribution in [3.8, 4) is 0 Å². The van der Waals surface area contributed by atoms with Crippen LogP contribution in [0.2, 0.25) is 5.02 Å². The summed E-state index contributed by atoms with van der Waals surface area (Å²) >= 11 is 6.11. The monoisotopic (exact) mass is 797 g/mol. The van der Waals surface area contributed by atoms with Gasteiger partial charge in [-0.05, 0) is 63.6 Å². The van der Waals surface area contributed by atoms with Crippen LogP contribution in [0.25, 0.3) is 10.9 Å². The van der Waals surface area contributed by atoms with Crippen molar-refractivity contribution in [2.24, 2.45) is 17.6 Å². The molecule has 1 aliphatic carbocycles. The van der Waals surface area contributed by atoms with Crippen molar-refractivity contribution in [3.63, 3.8) is 0 Å². The van der Waals surface area contributed by atoms with E-state index in [0.29, 0.717) is 28.2 Å². The van der Waals surface area contributed by atoms with E-state index in [-0.39, 0.29) is 56.3 Å². The van der Waals surface area contributed by atoms with Crippen LogP contribution in [0, 0.1) is 11.8 Å². The number of nitrogens with one attached hydrogen (secondary N) is 1. The fraction of sp³-hybridized carbons (Fsp3) is 0.579. The molecule has 2 aromatic heterocycles. The molecule has 3 fully saturated rings. The molecule has 6 rings (SSSR count). The summed E-state index contributed by atoms with van der Waals surface area (Å²) in [5.74, 6) is -4.96. The fourth-order valence-corrected chi connectivity index (χ4v) is 10.1. The number of carbonyl (C=O) groups excluding carboxylic acids is 5. The highest BCUT2D eigenvalue weighted by molar-refractivity contribution is 7.91. The van der Waals surface area contributed by atoms with Gasteiger partial charge in [0.15, 0.2) is 15.6 Å². The third kappa shape index (κ3) is 9.07. The molecule has 4 N–H and O–H groups in total. The highest BCUT2D eigenvalue weighted by Crippen LogP contribution is 2.37. The molecule has 3 aromatic rings. The predicted octanol–water partition coefficient (Wildman–Crippen LogP) is 3.22. The third-order valence-electron chi connectivity index (χ3n) is 11.5. The Kier molecular flexibility index (Phi) is 11.8. The number of rotatable bonds is 13. The molecule has 3 aliphatic rings. The Bertz CT molecular complexity index is 2080. The molecule has 2 saturated heterocycles. The number of aliphatic hydroxyl groups is 1. The van der Waals surface area contributed by atoms with E-state index in [2.05, 4.69) is 20.6 Å². The van der Waals surface area contributed by atoms with E-state index in [4.69, 9.17) is 17.3 Å². The Hall–Kier alpha value is -4.28. The highest BCUT2D eigenvalue weighted by atomic mass is 35.5. The molecule has 4 heterocycles. The second kappa shape index (κ2) is 16.1. The summed E-state index contributed by atoms with van der Waals surface area (Å²) in [5.41, 5.74) is 3.59. The van der Waals surface area contributed by atoms with E-state index in [1.54, 1.807) is 38.1 Å². The number of nitrogens with two attached hydrogens (primary N) is 1. The van der Waals surface area contributed by atoms with Crippen molar-refractivity contribution in [1.82, 2.24) is 30.2 Å². The highest BCUT2D eigenvalue weighted by Gasteiger charge is 2.50. The van der Waals surface area contributed by atoms with Crippen LogP contribution in [-0.4, -0.2) is 97.3 Å². The molecule has 55 heavy (non-hydrogen) atoms. The van der Waals surface area contributed by atoms with Crippen molar-refractivity contribution in [2.45, 2.75) is 108 Å². The molecule has 2 aliphatic heterocycles. The first-order chi connectivity index (χ1) is 26.0. The van der Waals surface area contributed by atoms with Crippen LogP contribution in [-0.2, 0) is 34.6 Å². The van der Waals surface area contributed by atoms with E-state index < -0.39 is 68.1 Å². The van der Waals surface area contributed by atoms with Gasteiger partial charge in [0.25, 0.3) is 5.91 Å². The first-order valence-corrected chi connectivity index (χ1v) is 21.0. The number of Topliss-reactive ketones (excluding diaryl/α,β-unsaturated/α-hetero) is 2. The van der Waals surface area contributed by atoms with E-state index >= 15 is 0 Å². The van der Waals surface area contributed by atoms with Gasteiger partial charge in [0.1, 0.15) is 17.2 Å². The van der Waals surface area contributed by atoms with Crippen molar-refractivity contribution >= 4 is 61.6 Å². The fourth-order valence-electron chi connectivity index (χ4n) is 8.38. The Morgan fingerprint density at radius 3 is 2.45 bits per heavy atom. The predicted molar refractivity (Wildman–Crippen MR) is 202 cm³/mol. The number of likely N-dealkylation sites (tertiary alicyclic amines) is 1. The van der Waals surface area contributed by atoms with Crippen LogP contribution in [0.3, 0.4) is 0 Å². The van der Waals surface area contributed by atoms with E-state index in [1.807, 2.05) is 0 Å². The molecule has 3 atom stereocenters. The van der Waals surface area contributed by atoms with E-state index in [1.165, 1.54) is 22.0 Å². The van der Waals surface area contributed by atoms with Gasteiger partial charge in [-0.3, -0.25) is 29.0 Å². The maximum absolute atomic E-state index is 14.9. The number of primary amides is 1. The average Bonchev–Trinajstić information content (AvgIpc) is 3.83. The molecule has 15 nitrogen and oxygen atoms in total. The van der Waals surface area contributed by atoms with Gasteiger partial charge in [-0.1, -0.05) is 55.0 Å². The Morgan fingerprint density at radius 1 is 1.07 bits per heavy atom. The number of carbonyl (C=O) groups is 5. The number of aromatic nitrogens is 4. The summed E-state index contributed by atoms with van der Waals surface area (Å²) in [6.45, 7) is 3.14. The quantitative estimate of drug-likeness (QED) is 0.168. The Morgan fingerprint density at radius 2 is 1.78 bits per heavy atom. The summed E-state index contributed by atoms with van der Waals surface area (Å²) in [4.78, 5) is 74.2. The van der Waals surface area contributed by atoms with Crippen molar-refractivity contribution in [3.05, 3.63) is 52.9 Å². The number of hydrogen-bond donors (Lipinski definition) is 3. The molecule has 0 radical (unpaired) electrons. The lowest BCUT2D eigenvalue weighted by Gasteiger charge is -2.37. The Balaban J connectivity index is 1.30. The second-order valence-corrected chi connectivity index (χ2v) is 18.6. The van der Waals surface area contributed by atoms with Gasteiger partial charge in [0.05, 0.1) is 35.0 Å². The van der Waals surface area contributed by atoms with Crippen LogP contribution in [0.15, 0.2) is 36.7 Å². The van der Waals surface area contributed by atoms with Gasteiger partial charge in [-0.15, -0.1) is 5.10 Å². The lowest BCUT2D eigenvalue weighted by Crippen LogP contribution is -2.64. The molecule has 0 bridgehead atoms. The SMILES string of the molecule is CC(C)(O)c1cnnn1[C@H]1C[C@@H](C(=O)NC2(C(=O)C(N)=O)CCS(=O)(=O)CC2)N(C(=O)[C@H](CCC(=O)c2cnc3cc(Cl)ccc3c2)CC2CCCCC2)C1. The van der Waals surface area contributed by atoms with Crippen LogP contribution < -0.4 is 11.1 Å². The van der Waals surface area contributed by atoms with Gasteiger partial charge < -0.3 is 21.1 Å². The third-order valence-corrected chi connectivity index (χ3v) is 13.4. The number of hydrogen-bond acceptors (Lipinski definition) is 11. The summed E-state index contributed by atoms with van der Waals surface area (Å²) in [6.07, 6.45) is 8.07. The lowest BCUT2D eigenvalue weighted by atomic mass is 9.80. The lowest BCUT2D eigenvalue weighted by molar-refractivity contribution is -0.146. The van der Waals surface area contributed by atoms with Crippen LogP contribution in [0.5, 0.6) is 0 Å². The molecule has 296 valence electrons. The topological polar surface area (TPSA) is 225 Å². The van der Waals surface area contributed by atoms with E-state index in [0.717, 1.165) is 37.5 Å². The largest absolute Gasteiger partial charge is 0.384 e. The standard InChI is InChI=1S/C38H48ClN7O8S/c1-37(2,52)32-21-42-44-46(32)28-19-30(35(50)43-38(33(48)34(40)49)12-14-55(53,54)15-13-38)45(22-28)36(51)25(16-23-6-4-3-5-7-23)9-11-31(47)26-17-24-8-10-27(39)18-29(24)41-20-26/h8,10,17-18,20-21,23,25,28,30,52H,3-7,9,11-16,19,22H2,1-2H3,(H2,40,49)(H,43,50)/t25-,28+,30+/m1/s1. The number of sulfone groups is 1. The first-order valence-electron chi connectivity index (χ1n) is 18.8. The van der Waals surface area contributed by atoms with E-state index in [9.17, 15) is 37.5 Å². The summed E-state index contributed by atoms with van der Waals surface area (Å²) in [5, 5.41) is 23.1. The number of fused-ring (bicyclic) bond motifs is 1. The first kappa shape index (κ1) is 40.4. The summed E-state index contributed by atoms with van der Waals surface area (Å²) < 4.78 is 26.2. The summed E-state index contributed by atoms with van der Waals surface area (Å²) in [7, 11) is -3.52. The number of ketones is 2. The normalized spacial score (nSPS) is 21.9. The van der Waals surface area contributed by atoms with Crippen molar-refractivity contribution in [1.29, 1.82) is 0 Å².